The Morgan fingerprint density at radius 1 is 1.30 bits per heavy atom. The normalized spacial score (nSPS) is 10.3. The number of benzene rings is 1. The Labute approximate surface area is 124 Å². The molecule has 0 unspecified atom stereocenters. The van der Waals surface area contributed by atoms with Gasteiger partial charge < -0.3 is 10.1 Å². The molecule has 5 heteroatoms. The van der Waals surface area contributed by atoms with Crippen LogP contribution in [0.1, 0.15) is 18.1 Å². The smallest absolute Gasteiger partial charge is 0.234 e. The summed E-state index contributed by atoms with van der Waals surface area (Å²) in [6.07, 6.45) is 5.41. The Bertz CT molecular complexity index is 575. The van der Waals surface area contributed by atoms with E-state index in [9.17, 15) is 0 Å². The van der Waals surface area contributed by atoms with Gasteiger partial charge >= 0.3 is 0 Å². The molecule has 2 aromatic rings. The van der Waals surface area contributed by atoms with E-state index in [-0.39, 0.29) is 0 Å². The van der Waals surface area contributed by atoms with Gasteiger partial charge in [0.1, 0.15) is 5.82 Å². The Balaban J connectivity index is 2.06. The molecule has 0 spiro atoms. The third-order valence-corrected chi connectivity index (χ3v) is 3.63. The molecule has 0 atom stereocenters. The number of nitrogens with zero attached hydrogens (tertiary/aromatic N) is 2. The molecule has 2 rings (SSSR count). The number of thioether (sulfide) groups is 1. The third-order valence-electron chi connectivity index (χ3n) is 2.81. The quantitative estimate of drug-likeness (QED) is 0.824. The average Bonchev–Trinajstić information content (AvgIpc) is 2.46. The van der Waals surface area contributed by atoms with E-state index in [0.717, 1.165) is 12.4 Å². The molecule has 0 amide bonds. The molecule has 0 bridgehead atoms. The average molecular weight is 289 g/mol. The molecule has 1 heterocycles. The number of aryl methyl sites for hydroxylation is 1. The lowest BCUT2D eigenvalue weighted by Gasteiger charge is -2.11. The summed E-state index contributed by atoms with van der Waals surface area (Å²) < 4.78 is 5.34. The molecule has 0 aliphatic carbocycles. The van der Waals surface area contributed by atoms with Crippen molar-refractivity contribution >= 4 is 17.6 Å². The highest BCUT2D eigenvalue weighted by Crippen LogP contribution is 2.22. The van der Waals surface area contributed by atoms with Crippen LogP contribution in [0, 0.1) is 6.92 Å². The molecule has 4 nitrogen and oxygen atoms in total. The van der Waals surface area contributed by atoms with Gasteiger partial charge in [-0.05, 0) is 37.3 Å². The van der Waals surface area contributed by atoms with E-state index in [1.54, 1.807) is 24.2 Å². The minimum Gasteiger partial charge on any atom is -0.477 e. The van der Waals surface area contributed by atoms with Crippen molar-refractivity contribution < 1.29 is 4.74 Å². The summed E-state index contributed by atoms with van der Waals surface area (Å²) in [5.74, 6) is 1.27. The minimum atomic E-state index is 0.548. The molecule has 0 aliphatic rings. The highest BCUT2D eigenvalue weighted by Gasteiger charge is 2.03. The first-order valence-corrected chi connectivity index (χ1v) is 7.77. The molecular weight excluding hydrogens is 270 g/mol. The number of rotatable bonds is 6. The molecule has 1 aromatic carbocycles. The van der Waals surface area contributed by atoms with Crippen LogP contribution in [-0.2, 0) is 6.54 Å². The maximum Gasteiger partial charge on any atom is 0.234 e. The van der Waals surface area contributed by atoms with Gasteiger partial charge in [0.25, 0.3) is 0 Å². The van der Waals surface area contributed by atoms with Gasteiger partial charge in [-0.15, -0.1) is 11.8 Å². The largest absolute Gasteiger partial charge is 0.477 e. The van der Waals surface area contributed by atoms with Crippen LogP contribution in [0.2, 0.25) is 0 Å². The lowest BCUT2D eigenvalue weighted by atomic mass is 10.1. The molecule has 1 N–H and O–H groups in total. The van der Waals surface area contributed by atoms with Crippen LogP contribution in [0.25, 0.3) is 0 Å². The van der Waals surface area contributed by atoms with Crippen molar-refractivity contribution in [3.05, 3.63) is 41.7 Å². The van der Waals surface area contributed by atoms with Crippen LogP contribution in [0.15, 0.2) is 35.5 Å². The maximum atomic E-state index is 5.34. The summed E-state index contributed by atoms with van der Waals surface area (Å²) in [7, 11) is 0. The molecule has 20 heavy (non-hydrogen) atoms. The Kier molecular flexibility index (Phi) is 5.24. The minimum absolute atomic E-state index is 0.548. The van der Waals surface area contributed by atoms with Crippen molar-refractivity contribution in [1.82, 2.24) is 9.97 Å². The predicted octanol–water partition coefficient (Wildman–Crippen LogP) is 3.52. The zero-order valence-corrected chi connectivity index (χ0v) is 12.8. The number of nitrogens with one attached hydrogen (secondary N) is 1. The highest BCUT2D eigenvalue weighted by molar-refractivity contribution is 7.98. The van der Waals surface area contributed by atoms with Crippen molar-refractivity contribution in [2.24, 2.45) is 0 Å². The van der Waals surface area contributed by atoms with Crippen LogP contribution in [0.3, 0.4) is 0 Å². The van der Waals surface area contributed by atoms with E-state index in [1.807, 2.05) is 6.92 Å². The molecule has 0 radical (unpaired) electrons. The van der Waals surface area contributed by atoms with Crippen molar-refractivity contribution in [3.8, 4) is 5.88 Å². The molecule has 0 aliphatic heterocycles. The highest BCUT2D eigenvalue weighted by atomic mass is 32.2. The lowest BCUT2D eigenvalue weighted by Crippen LogP contribution is -2.04. The summed E-state index contributed by atoms with van der Waals surface area (Å²) in [6, 6.07) is 6.47. The maximum absolute atomic E-state index is 5.34. The SMILES string of the molecule is CCOc1cncc(NCc2ccc(C)cc2SC)n1. The second-order valence-corrected chi connectivity index (χ2v) is 5.19. The van der Waals surface area contributed by atoms with Crippen LogP contribution in [0.4, 0.5) is 5.82 Å². The van der Waals surface area contributed by atoms with Gasteiger partial charge in [-0.3, -0.25) is 4.98 Å². The molecule has 0 saturated carbocycles. The van der Waals surface area contributed by atoms with E-state index < -0.39 is 0 Å². The number of hydrogen-bond acceptors (Lipinski definition) is 5. The lowest BCUT2D eigenvalue weighted by molar-refractivity contribution is 0.325. The van der Waals surface area contributed by atoms with Crippen LogP contribution >= 0.6 is 11.8 Å². The number of hydrogen-bond donors (Lipinski definition) is 1. The number of ether oxygens (including phenoxy) is 1. The summed E-state index contributed by atoms with van der Waals surface area (Å²) in [5.41, 5.74) is 2.53. The third kappa shape index (κ3) is 3.87. The van der Waals surface area contributed by atoms with E-state index in [2.05, 4.69) is 46.7 Å². The fraction of sp³-hybridized carbons (Fsp3) is 0.333. The van der Waals surface area contributed by atoms with Gasteiger partial charge in [0, 0.05) is 11.4 Å². The molecular formula is C15H19N3OS. The van der Waals surface area contributed by atoms with Crippen LogP contribution in [-0.4, -0.2) is 22.8 Å². The number of aromatic nitrogens is 2. The first-order valence-electron chi connectivity index (χ1n) is 6.55. The number of anilines is 1. The van der Waals surface area contributed by atoms with E-state index >= 15 is 0 Å². The van der Waals surface area contributed by atoms with Gasteiger partial charge in [0.2, 0.25) is 5.88 Å². The van der Waals surface area contributed by atoms with Crippen molar-refractivity contribution in [3.63, 3.8) is 0 Å². The van der Waals surface area contributed by atoms with Gasteiger partial charge in [-0.1, -0.05) is 12.1 Å². The first kappa shape index (κ1) is 14.7. The second kappa shape index (κ2) is 7.14. The van der Waals surface area contributed by atoms with E-state index in [4.69, 9.17) is 4.74 Å². The summed E-state index contributed by atoms with van der Waals surface area (Å²) >= 11 is 1.76. The fourth-order valence-electron chi connectivity index (χ4n) is 1.83. The predicted molar refractivity (Wildman–Crippen MR) is 83.5 cm³/mol. The fourth-order valence-corrected chi connectivity index (χ4v) is 2.54. The Hall–Kier alpha value is -1.75. The zero-order valence-electron chi connectivity index (χ0n) is 12.0. The van der Waals surface area contributed by atoms with Crippen molar-refractivity contribution in [2.75, 3.05) is 18.2 Å². The van der Waals surface area contributed by atoms with Gasteiger partial charge in [0.15, 0.2) is 0 Å². The van der Waals surface area contributed by atoms with Crippen molar-refractivity contribution in [2.45, 2.75) is 25.3 Å². The first-order chi connectivity index (χ1) is 9.72. The van der Waals surface area contributed by atoms with E-state index in [1.165, 1.54) is 16.0 Å². The Morgan fingerprint density at radius 3 is 2.90 bits per heavy atom. The van der Waals surface area contributed by atoms with E-state index in [0.29, 0.717) is 12.5 Å². The molecule has 106 valence electrons. The van der Waals surface area contributed by atoms with Crippen molar-refractivity contribution in [1.29, 1.82) is 0 Å². The summed E-state index contributed by atoms with van der Waals surface area (Å²) in [5, 5.41) is 3.29. The second-order valence-electron chi connectivity index (χ2n) is 4.34. The summed E-state index contributed by atoms with van der Waals surface area (Å²) in [6.45, 7) is 5.35. The zero-order chi connectivity index (χ0) is 14.4. The topological polar surface area (TPSA) is 47.0 Å². The molecule has 0 saturated heterocycles. The molecule has 1 aromatic heterocycles. The van der Waals surface area contributed by atoms with Gasteiger partial charge in [-0.25, -0.2) is 0 Å². The standard InChI is InChI=1S/C15H19N3OS/c1-4-19-15-10-16-9-14(18-15)17-8-12-6-5-11(2)7-13(12)20-3/h5-7,9-10H,4,8H2,1-3H3,(H,17,18). The molecule has 0 fully saturated rings. The van der Waals surface area contributed by atoms with Crippen LogP contribution in [0.5, 0.6) is 5.88 Å². The summed E-state index contributed by atoms with van der Waals surface area (Å²) in [4.78, 5) is 9.75. The monoisotopic (exact) mass is 289 g/mol. The van der Waals surface area contributed by atoms with Gasteiger partial charge in [-0.2, -0.15) is 4.98 Å². The Morgan fingerprint density at radius 2 is 2.15 bits per heavy atom. The van der Waals surface area contributed by atoms with Crippen LogP contribution < -0.4 is 10.1 Å². The van der Waals surface area contributed by atoms with Gasteiger partial charge in [0.05, 0.1) is 19.0 Å².